The fourth-order valence-corrected chi connectivity index (χ4v) is 4.43. The van der Waals surface area contributed by atoms with Crippen molar-refractivity contribution >= 4 is 17.6 Å². The molecule has 0 amide bonds. The van der Waals surface area contributed by atoms with Crippen LogP contribution >= 0.6 is 11.6 Å². The molecule has 2 aliphatic rings. The first-order valence-corrected chi connectivity index (χ1v) is 11.9. The Morgan fingerprint density at radius 2 is 1.91 bits per heavy atom. The van der Waals surface area contributed by atoms with Crippen LogP contribution in [-0.4, -0.2) is 35.7 Å². The van der Waals surface area contributed by atoms with Gasteiger partial charge in [0, 0.05) is 24.2 Å². The molecule has 2 aromatic carbocycles. The molecule has 1 unspecified atom stereocenters. The molecule has 4 rings (SSSR count). The molecule has 1 heterocycles. The number of likely N-dealkylation sites (tertiary alicyclic amines) is 1. The third kappa shape index (κ3) is 6.24. The van der Waals surface area contributed by atoms with E-state index in [-0.39, 0.29) is 23.4 Å². The van der Waals surface area contributed by atoms with Crippen molar-refractivity contribution in [2.45, 2.75) is 70.6 Å². The number of hydrogen-bond acceptors (Lipinski definition) is 4. The molecule has 7 heteroatoms. The summed E-state index contributed by atoms with van der Waals surface area (Å²) in [6.07, 6.45) is 3.67. The van der Waals surface area contributed by atoms with E-state index in [0.717, 1.165) is 43.4 Å². The molecule has 33 heavy (non-hydrogen) atoms. The van der Waals surface area contributed by atoms with Gasteiger partial charge >= 0.3 is 5.97 Å². The quantitative estimate of drug-likeness (QED) is 0.445. The second-order valence-electron chi connectivity index (χ2n) is 10.00. The summed E-state index contributed by atoms with van der Waals surface area (Å²) in [6.45, 7) is 7.42. The topological polar surface area (TPSA) is 38.8 Å². The molecule has 0 radical (unpaired) electrons. The van der Waals surface area contributed by atoms with Gasteiger partial charge in [-0.2, -0.15) is 0 Å². The minimum Gasteiger partial charge on any atom is -0.489 e. The van der Waals surface area contributed by atoms with Crippen molar-refractivity contribution in [1.29, 1.82) is 0 Å². The number of carbonyl (C=O) groups excluding carboxylic acids is 1. The van der Waals surface area contributed by atoms with E-state index >= 15 is 0 Å². The van der Waals surface area contributed by atoms with Gasteiger partial charge in [-0.25, -0.2) is 13.6 Å². The first-order chi connectivity index (χ1) is 15.6. The highest BCUT2D eigenvalue weighted by atomic mass is 35.5. The van der Waals surface area contributed by atoms with E-state index in [1.807, 2.05) is 0 Å². The highest BCUT2D eigenvalue weighted by molar-refractivity contribution is 6.31. The summed E-state index contributed by atoms with van der Waals surface area (Å²) in [4.78, 5) is 14.7. The zero-order chi connectivity index (χ0) is 23.8. The smallest absolute Gasteiger partial charge is 0.341 e. The van der Waals surface area contributed by atoms with E-state index in [9.17, 15) is 13.6 Å². The first kappa shape index (κ1) is 24.0. The molecule has 1 aliphatic carbocycles. The lowest BCUT2D eigenvalue weighted by Gasteiger charge is -2.33. The Labute approximate surface area is 198 Å². The molecule has 0 N–H and O–H groups in total. The monoisotopic (exact) mass is 477 g/mol. The lowest BCUT2D eigenvalue weighted by Crippen LogP contribution is -2.40. The maximum atomic E-state index is 14.9. The number of ether oxygens (including phenoxy) is 2. The predicted octanol–water partition coefficient (Wildman–Crippen LogP) is 6.49. The van der Waals surface area contributed by atoms with Crippen molar-refractivity contribution in [2.75, 3.05) is 13.1 Å². The van der Waals surface area contributed by atoms with Gasteiger partial charge in [0.15, 0.2) is 0 Å². The molecule has 0 aromatic heterocycles. The van der Waals surface area contributed by atoms with Crippen LogP contribution in [0.3, 0.4) is 0 Å². The Kier molecular flexibility index (Phi) is 6.96. The summed E-state index contributed by atoms with van der Waals surface area (Å²) in [6, 6.07) is 7.39. The summed E-state index contributed by atoms with van der Waals surface area (Å²) < 4.78 is 39.9. The summed E-state index contributed by atoms with van der Waals surface area (Å²) in [5.41, 5.74) is 0.994. The number of carbonyl (C=O) groups is 1. The lowest BCUT2D eigenvalue weighted by molar-refractivity contribution is 0.00644. The minimum absolute atomic E-state index is 0.0459. The van der Waals surface area contributed by atoms with Crippen LogP contribution in [0.25, 0.3) is 0 Å². The minimum atomic E-state index is -0.697. The fraction of sp³-hybridized carbons (Fsp3) is 0.500. The second kappa shape index (κ2) is 9.59. The van der Waals surface area contributed by atoms with E-state index in [1.165, 1.54) is 18.2 Å². The Hall–Kier alpha value is -2.18. The van der Waals surface area contributed by atoms with Crippen LogP contribution in [0, 0.1) is 11.6 Å². The Morgan fingerprint density at radius 3 is 2.58 bits per heavy atom. The molecule has 178 valence electrons. The zero-order valence-electron chi connectivity index (χ0n) is 19.3. The van der Waals surface area contributed by atoms with Gasteiger partial charge in [0.2, 0.25) is 0 Å². The molecular formula is C26H30ClF2NO3. The number of nitrogens with zero attached hydrogens (tertiary/aromatic N) is 1. The van der Waals surface area contributed by atoms with Crippen molar-refractivity contribution in [3.63, 3.8) is 0 Å². The van der Waals surface area contributed by atoms with Gasteiger partial charge in [-0.3, -0.25) is 4.90 Å². The van der Waals surface area contributed by atoms with Crippen LogP contribution in [0.2, 0.25) is 5.02 Å². The normalized spacial score (nSPS) is 19.4. The Morgan fingerprint density at radius 1 is 1.15 bits per heavy atom. The summed E-state index contributed by atoms with van der Waals surface area (Å²) >= 11 is 6.20. The SMILES string of the molecule is CC(C)(C)OC(=O)c1cc(C2CC2)c(OC2CCCN(Cc3ccc(F)cc3Cl)C2)cc1F. The van der Waals surface area contributed by atoms with Crippen LogP contribution < -0.4 is 4.74 Å². The molecule has 0 spiro atoms. The van der Waals surface area contributed by atoms with E-state index in [1.54, 1.807) is 32.9 Å². The summed E-state index contributed by atoms with van der Waals surface area (Å²) in [7, 11) is 0. The van der Waals surface area contributed by atoms with Crippen molar-refractivity contribution in [3.05, 3.63) is 63.7 Å². The van der Waals surface area contributed by atoms with Gasteiger partial charge in [0.1, 0.15) is 29.1 Å². The maximum Gasteiger partial charge on any atom is 0.341 e. The van der Waals surface area contributed by atoms with Crippen LogP contribution in [0.5, 0.6) is 5.75 Å². The molecule has 0 bridgehead atoms. The molecule has 1 saturated carbocycles. The van der Waals surface area contributed by atoms with Crippen LogP contribution in [0.15, 0.2) is 30.3 Å². The van der Waals surface area contributed by atoms with E-state index < -0.39 is 17.4 Å². The van der Waals surface area contributed by atoms with Gasteiger partial charge in [-0.05, 0) is 88.2 Å². The first-order valence-electron chi connectivity index (χ1n) is 11.5. The number of hydrogen-bond donors (Lipinski definition) is 0. The van der Waals surface area contributed by atoms with Gasteiger partial charge in [0.05, 0.1) is 5.56 Å². The largest absolute Gasteiger partial charge is 0.489 e. The van der Waals surface area contributed by atoms with Crippen LogP contribution in [0.4, 0.5) is 8.78 Å². The van der Waals surface area contributed by atoms with E-state index in [0.29, 0.717) is 23.9 Å². The fourth-order valence-electron chi connectivity index (χ4n) is 4.20. The van der Waals surface area contributed by atoms with Gasteiger partial charge in [-0.1, -0.05) is 17.7 Å². The van der Waals surface area contributed by atoms with Gasteiger partial charge in [-0.15, -0.1) is 0 Å². The average molecular weight is 478 g/mol. The molecule has 1 atom stereocenters. The number of benzene rings is 2. The van der Waals surface area contributed by atoms with Crippen molar-refractivity contribution in [1.82, 2.24) is 4.90 Å². The highest BCUT2D eigenvalue weighted by Gasteiger charge is 2.32. The third-order valence-corrected chi connectivity index (χ3v) is 6.25. The molecular weight excluding hydrogens is 448 g/mol. The standard InChI is InChI=1S/C26H30ClF2NO3/c1-26(2,3)33-25(31)21-12-20(16-6-7-16)24(13-23(21)29)32-19-5-4-10-30(15-19)14-17-8-9-18(28)11-22(17)27/h8-9,11-13,16,19H,4-7,10,14-15H2,1-3H3. The lowest BCUT2D eigenvalue weighted by atomic mass is 10.0. The second-order valence-corrected chi connectivity index (χ2v) is 10.4. The molecule has 2 aromatic rings. The maximum absolute atomic E-state index is 14.9. The molecule has 4 nitrogen and oxygen atoms in total. The zero-order valence-corrected chi connectivity index (χ0v) is 20.1. The van der Waals surface area contributed by atoms with Gasteiger partial charge < -0.3 is 9.47 Å². The van der Waals surface area contributed by atoms with Crippen LogP contribution in [-0.2, 0) is 11.3 Å². The average Bonchev–Trinajstić information content (AvgIpc) is 3.54. The Bertz CT molecular complexity index is 1030. The number of esters is 1. The number of rotatable bonds is 6. The number of piperidine rings is 1. The Balaban J connectivity index is 1.48. The summed E-state index contributed by atoms with van der Waals surface area (Å²) in [5.74, 6) is -0.857. The van der Waals surface area contributed by atoms with Crippen LogP contribution in [0.1, 0.15) is 73.9 Å². The molecule has 1 saturated heterocycles. The van der Waals surface area contributed by atoms with Crippen molar-refractivity contribution in [2.24, 2.45) is 0 Å². The van der Waals surface area contributed by atoms with Crippen molar-refractivity contribution in [3.8, 4) is 5.75 Å². The highest BCUT2D eigenvalue weighted by Crippen LogP contribution is 2.45. The number of halogens is 3. The predicted molar refractivity (Wildman–Crippen MR) is 124 cm³/mol. The van der Waals surface area contributed by atoms with Gasteiger partial charge in [0.25, 0.3) is 0 Å². The third-order valence-electron chi connectivity index (χ3n) is 5.90. The molecule has 2 fully saturated rings. The van der Waals surface area contributed by atoms with Crippen molar-refractivity contribution < 1.29 is 23.0 Å². The molecule has 1 aliphatic heterocycles. The summed E-state index contributed by atoms with van der Waals surface area (Å²) in [5, 5.41) is 0.411. The van der Waals surface area contributed by atoms with E-state index in [4.69, 9.17) is 21.1 Å². The van der Waals surface area contributed by atoms with E-state index in [2.05, 4.69) is 4.90 Å².